The number of hydrogen-bond acceptors (Lipinski definition) is 0. The van der Waals surface area contributed by atoms with Gasteiger partial charge in [-0.1, -0.05) is 188 Å². The van der Waals surface area contributed by atoms with Gasteiger partial charge in [-0.2, -0.15) is 0 Å². The summed E-state index contributed by atoms with van der Waals surface area (Å²) in [6.07, 6.45) is 0. The first kappa shape index (κ1) is 28.9. The fourth-order valence-corrected chi connectivity index (χ4v) is 10.3. The van der Waals surface area contributed by atoms with Crippen LogP contribution in [0.2, 0.25) is 0 Å². The van der Waals surface area contributed by atoms with Crippen molar-refractivity contribution in [1.29, 1.82) is 0 Å². The molecule has 0 aromatic heterocycles. The first-order valence-corrected chi connectivity index (χ1v) is 18.6. The molecule has 12 rings (SSSR count). The number of hydrogen-bond donors (Lipinski definition) is 0. The highest BCUT2D eigenvalue weighted by Crippen LogP contribution is 2.65. The van der Waals surface area contributed by atoms with E-state index in [0.29, 0.717) is 0 Å². The summed E-state index contributed by atoms with van der Waals surface area (Å²) in [7, 11) is 0. The van der Waals surface area contributed by atoms with Crippen molar-refractivity contribution in [2.24, 2.45) is 0 Å². The highest BCUT2D eigenvalue weighted by molar-refractivity contribution is 6.22. The number of rotatable bonds is 2. The van der Waals surface area contributed by atoms with Crippen molar-refractivity contribution in [2.45, 2.75) is 5.41 Å². The van der Waals surface area contributed by atoms with Crippen LogP contribution in [0.1, 0.15) is 22.3 Å². The Hall–Kier alpha value is -6.76. The van der Waals surface area contributed by atoms with E-state index >= 15 is 0 Å². The second kappa shape index (κ2) is 10.6. The second-order valence-electron chi connectivity index (χ2n) is 14.7. The summed E-state index contributed by atoms with van der Waals surface area (Å²) in [4.78, 5) is 0. The van der Waals surface area contributed by atoms with Gasteiger partial charge in [-0.15, -0.1) is 0 Å². The number of benzene rings is 10. The fourth-order valence-electron chi connectivity index (χ4n) is 10.3. The second-order valence-corrected chi connectivity index (χ2v) is 14.7. The van der Waals surface area contributed by atoms with E-state index in [-0.39, 0.29) is 0 Å². The third kappa shape index (κ3) is 3.70. The van der Waals surface area contributed by atoms with Crippen LogP contribution in [0, 0.1) is 0 Å². The van der Waals surface area contributed by atoms with E-state index in [0.717, 1.165) is 0 Å². The van der Waals surface area contributed by atoms with Gasteiger partial charge in [0.1, 0.15) is 0 Å². The summed E-state index contributed by atoms with van der Waals surface area (Å²) >= 11 is 0. The van der Waals surface area contributed by atoms with Gasteiger partial charge in [-0.05, 0) is 116 Å². The summed E-state index contributed by atoms with van der Waals surface area (Å²) in [6, 6.07) is 72.7. The molecule has 0 radical (unpaired) electrons. The minimum atomic E-state index is -0.417. The molecule has 0 unspecified atom stereocenters. The van der Waals surface area contributed by atoms with Crippen LogP contribution in [0.25, 0.3) is 87.6 Å². The first-order chi connectivity index (χ1) is 26.3. The Balaban J connectivity index is 1.19. The average molecular weight is 669 g/mol. The fraction of sp³-hybridized carbons (Fsp3) is 0.0189. The molecule has 1 spiro atoms. The van der Waals surface area contributed by atoms with Crippen molar-refractivity contribution in [3.63, 3.8) is 0 Å². The zero-order chi connectivity index (χ0) is 34.7. The lowest BCUT2D eigenvalue weighted by Gasteiger charge is -2.31. The van der Waals surface area contributed by atoms with Crippen LogP contribution in [0.3, 0.4) is 0 Å². The molecule has 53 heavy (non-hydrogen) atoms. The molecule has 10 aromatic rings. The van der Waals surface area contributed by atoms with E-state index < -0.39 is 5.41 Å². The lowest BCUT2D eigenvalue weighted by Crippen LogP contribution is -2.26. The Morgan fingerprint density at radius 1 is 0.264 bits per heavy atom. The van der Waals surface area contributed by atoms with Gasteiger partial charge in [0.05, 0.1) is 5.41 Å². The van der Waals surface area contributed by atoms with Gasteiger partial charge < -0.3 is 0 Å². The third-order valence-corrected chi connectivity index (χ3v) is 12.2. The zero-order valence-electron chi connectivity index (χ0n) is 29.0. The monoisotopic (exact) mass is 668 g/mol. The van der Waals surface area contributed by atoms with Crippen LogP contribution in [-0.2, 0) is 5.41 Å². The van der Waals surface area contributed by atoms with Gasteiger partial charge >= 0.3 is 0 Å². The van der Waals surface area contributed by atoms with Crippen molar-refractivity contribution >= 4 is 43.1 Å². The topological polar surface area (TPSA) is 0 Å². The van der Waals surface area contributed by atoms with Crippen LogP contribution < -0.4 is 0 Å². The van der Waals surface area contributed by atoms with E-state index in [1.807, 2.05) is 0 Å². The molecule has 0 atom stereocenters. The zero-order valence-corrected chi connectivity index (χ0v) is 29.0. The molecule has 10 aromatic carbocycles. The quantitative estimate of drug-likeness (QED) is 0.161. The molecule has 0 bridgehead atoms. The Morgan fingerprint density at radius 3 is 1.45 bits per heavy atom. The highest BCUT2D eigenvalue weighted by Gasteiger charge is 2.52. The molecule has 0 aliphatic heterocycles. The summed E-state index contributed by atoms with van der Waals surface area (Å²) in [5, 5.41) is 10.3. The first-order valence-electron chi connectivity index (χ1n) is 18.6. The van der Waals surface area contributed by atoms with E-state index in [1.54, 1.807) is 0 Å². The lowest BCUT2D eigenvalue weighted by molar-refractivity contribution is 0.802. The molecule has 0 N–H and O–H groups in total. The molecule has 0 saturated heterocycles. The molecule has 0 fully saturated rings. The largest absolute Gasteiger partial charge is 0.0731 e. The smallest absolute Gasteiger partial charge is 0.0622 e. The maximum absolute atomic E-state index is 2.45. The normalized spacial score (nSPS) is 13.4. The van der Waals surface area contributed by atoms with Crippen LogP contribution in [0.4, 0.5) is 0 Å². The maximum Gasteiger partial charge on any atom is 0.0731 e. The minimum Gasteiger partial charge on any atom is -0.0622 e. The maximum atomic E-state index is 2.45. The van der Waals surface area contributed by atoms with Crippen molar-refractivity contribution in [3.8, 4) is 44.5 Å². The lowest BCUT2D eigenvalue weighted by atomic mass is 9.69. The molecule has 244 valence electrons. The average Bonchev–Trinajstić information content (AvgIpc) is 3.70. The molecule has 2 aliphatic carbocycles. The molecule has 0 nitrogen and oxygen atoms in total. The van der Waals surface area contributed by atoms with Crippen LogP contribution in [0.15, 0.2) is 194 Å². The summed E-state index contributed by atoms with van der Waals surface area (Å²) in [5.41, 5.74) is 15.6. The van der Waals surface area contributed by atoms with Gasteiger partial charge in [0.25, 0.3) is 0 Å². The van der Waals surface area contributed by atoms with Gasteiger partial charge in [-0.25, -0.2) is 0 Å². The third-order valence-electron chi connectivity index (χ3n) is 12.2. The van der Waals surface area contributed by atoms with Crippen LogP contribution in [0.5, 0.6) is 0 Å². The summed E-state index contributed by atoms with van der Waals surface area (Å²) in [5.74, 6) is 0. The van der Waals surface area contributed by atoms with E-state index in [9.17, 15) is 0 Å². The van der Waals surface area contributed by atoms with Crippen LogP contribution >= 0.6 is 0 Å². The van der Waals surface area contributed by atoms with E-state index in [4.69, 9.17) is 0 Å². The highest BCUT2D eigenvalue weighted by atomic mass is 14.5. The minimum absolute atomic E-state index is 0.417. The van der Waals surface area contributed by atoms with E-state index in [1.165, 1.54) is 110 Å². The molecule has 0 heteroatoms. The SMILES string of the molecule is c1ccc(-c2c3ccccc3c(-c3ccc4c5c(ccc4c3)-c3c(ccc4ccccc34)C53c4ccccc4-c4ccccc43)c3ccccc23)cc1. The van der Waals surface area contributed by atoms with Crippen molar-refractivity contribution in [2.75, 3.05) is 0 Å². The standard InChI is InChI=1S/C53H32/c1-2-15-34(16-3-1)49-41-20-6-8-22-43(41)50(44-23-9-7-21-42(44)49)36-27-29-38-35(32-36)26-30-45-51-37-17-5-4-14-33(37)28-31-48(51)53(52(38)45)46-24-12-10-18-39(46)40-19-11-13-25-47(40)53/h1-32H. The predicted octanol–water partition coefficient (Wildman–Crippen LogP) is 14.0. The molecule has 0 heterocycles. The van der Waals surface area contributed by atoms with Crippen molar-refractivity contribution in [3.05, 3.63) is 216 Å². The molecule has 0 amide bonds. The van der Waals surface area contributed by atoms with E-state index in [2.05, 4.69) is 194 Å². The van der Waals surface area contributed by atoms with Gasteiger partial charge in [0.15, 0.2) is 0 Å². The summed E-state index contributed by atoms with van der Waals surface area (Å²) < 4.78 is 0. The van der Waals surface area contributed by atoms with Gasteiger partial charge in [-0.3, -0.25) is 0 Å². The molecular formula is C53H32. The molecular weight excluding hydrogens is 637 g/mol. The summed E-state index contributed by atoms with van der Waals surface area (Å²) in [6.45, 7) is 0. The Kier molecular flexibility index (Phi) is 5.80. The molecule has 0 saturated carbocycles. The predicted molar refractivity (Wildman–Crippen MR) is 224 cm³/mol. The van der Waals surface area contributed by atoms with Gasteiger partial charge in [0, 0.05) is 0 Å². The van der Waals surface area contributed by atoms with Crippen LogP contribution in [-0.4, -0.2) is 0 Å². The van der Waals surface area contributed by atoms with Crippen molar-refractivity contribution < 1.29 is 0 Å². The Bertz CT molecular complexity index is 3060. The number of fused-ring (bicyclic) bond motifs is 16. The Morgan fingerprint density at radius 2 is 0.792 bits per heavy atom. The molecule has 2 aliphatic rings. The Labute approximate surface area is 308 Å². The van der Waals surface area contributed by atoms with Crippen molar-refractivity contribution in [1.82, 2.24) is 0 Å². The van der Waals surface area contributed by atoms with Gasteiger partial charge in [0.2, 0.25) is 0 Å².